The predicted molar refractivity (Wildman–Crippen MR) is 127 cm³/mol. The van der Waals surface area contributed by atoms with Crippen molar-refractivity contribution in [1.82, 2.24) is 4.90 Å². The summed E-state index contributed by atoms with van der Waals surface area (Å²) in [5.41, 5.74) is 3.38. The zero-order valence-electron chi connectivity index (χ0n) is 19.2. The number of carboxylic acid groups (broad SMARTS) is 1. The Morgan fingerprint density at radius 3 is 2.42 bits per heavy atom. The van der Waals surface area contributed by atoms with E-state index in [0.29, 0.717) is 30.9 Å². The van der Waals surface area contributed by atoms with Crippen LogP contribution in [0.15, 0.2) is 76.7 Å². The Kier molecular flexibility index (Phi) is 8.08. The van der Waals surface area contributed by atoms with Gasteiger partial charge in [0.2, 0.25) is 0 Å². The molecule has 6 heteroatoms. The Morgan fingerprint density at radius 2 is 1.76 bits per heavy atom. The molecule has 0 fully saturated rings. The van der Waals surface area contributed by atoms with Gasteiger partial charge in [-0.15, -0.1) is 0 Å². The number of ether oxygens (including phenoxy) is 1. The lowest BCUT2D eigenvalue weighted by Crippen LogP contribution is -2.26. The van der Waals surface area contributed by atoms with Crippen LogP contribution in [0, 0.1) is 6.92 Å². The molecule has 0 atom stereocenters. The molecule has 0 radical (unpaired) electrons. The maximum Gasteiger partial charge on any atom is 0.303 e. The Balaban J connectivity index is 1.61. The lowest BCUT2D eigenvalue weighted by molar-refractivity contribution is -0.136. The molecule has 0 aliphatic carbocycles. The van der Waals surface area contributed by atoms with Crippen LogP contribution in [0.25, 0.3) is 11.3 Å². The number of para-hydroxylation sites is 1. The molecule has 0 spiro atoms. The number of furan rings is 1. The molecule has 0 saturated carbocycles. The van der Waals surface area contributed by atoms with E-state index in [1.807, 2.05) is 68.5 Å². The molecular formula is C27H29NO5. The number of nitrogens with zero attached hydrogens (tertiary/aromatic N) is 1. The van der Waals surface area contributed by atoms with Gasteiger partial charge in [-0.2, -0.15) is 0 Å². The molecule has 2 aromatic carbocycles. The van der Waals surface area contributed by atoms with Gasteiger partial charge >= 0.3 is 5.97 Å². The molecule has 33 heavy (non-hydrogen) atoms. The van der Waals surface area contributed by atoms with Crippen LogP contribution in [0.5, 0.6) is 5.75 Å². The normalized spacial score (nSPS) is 11.3. The molecule has 1 amide bonds. The summed E-state index contributed by atoms with van der Waals surface area (Å²) >= 11 is 0. The third-order valence-electron chi connectivity index (χ3n) is 5.29. The SMILES string of the molecule is CC(=CCOc1ccccc1CN(C)C(=O)c1ccc(-c2ccc(C)o2)cc1)CCC(=O)O. The first-order valence-electron chi connectivity index (χ1n) is 10.8. The monoisotopic (exact) mass is 447 g/mol. The molecule has 0 bridgehead atoms. The Morgan fingerprint density at radius 1 is 1.03 bits per heavy atom. The van der Waals surface area contributed by atoms with Crippen molar-refractivity contribution in [2.24, 2.45) is 0 Å². The van der Waals surface area contributed by atoms with Gasteiger partial charge in [0, 0.05) is 36.7 Å². The Labute approximate surface area is 194 Å². The average Bonchev–Trinajstić information content (AvgIpc) is 3.24. The Hall–Kier alpha value is -3.80. The van der Waals surface area contributed by atoms with Crippen LogP contribution in [0.2, 0.25) is 0 Å². The van der Waals surface area contributed by atoms with Gasteiger partial charge in [-0.05, 0) is 56.7 Å². The topological polar surface area (TPSA) is 80.0 Å². The minimum absolute atomic E-state index is 0.0867. The average molecular weight is 448 g/mol. The van der Waals surface area contributed by atoms with Crippen LogP contribution in [-0.4, -0.2) is 35.5 Å². The summed E-state index contributed by atoms with van der Waals surface area (Å²) in [5.74, 6) is 1.42. The van der Waals surface area contributed by atoms with E-state index in [2.05, 4.69) is 0 Å². The second-order valence-corrected chi connectivity index (χ2v) is 8.01. The van der Waals surface area contributed by atoms with Gasteiger partial charge in [0.05, 0.1) is 0 Å². The lowest BCUT2D eigenvalue weighted by Gasteiger charge is -2.19. The summed E-state index contributed by atoms with van der Waals surface area (Å²) in [7, 11) is 1.76. The van der Waals surface area contributed by atoms with Crippen molar-refractivity contribution in [2.75, 3.05) is 13.7 Å². The molecule has 0 aliphatic rings. The van der Waals surface area contributed by atoms with Crippen LogP contribution >= 0.6 is 0 Å². The number of carbonyl (C=O) groups is 2. The number of allylic oxidation sites excluding steroid dienone is 1. The third-order valence-corrected chi connectivity index (χ3v) is 5.29. The van der Waals surface area contributed by atoms with E-state index in [1.54, 1.807) is 24.1 Å². The Bertz CT molecular complexity index is 1130. The highest BCUT2D eigenvalue weighted by Crippen LogP contribution is 2.24. The second kappa shape index (κ2) is 11.2. The van der Waals surface area contributed by atoms with E-state index in [-0.39, 0.29) is 12.3 Å². The van der Waals surface area contributed by atoms with E-state index in [0.717, 1.165) is 28.2 Å². The first kappa shape index (κ1) is 23.9. The van der Waals surface area contributed by atoms with Crippen LogP contribution in [0.3, 0.4) is 0 Å². The van der Waals surface area contributed by atoms with Gasteiger partial charge < -0.3 is 19.2 Å². The van der Waals surface area contributed by atoms with Gasteiger partial charge in [0.1, 0.15) is 23.9 Å². The molecule has 6 nitrogen and oxygen atoms in total. The number of hydrogen-bond donors (Lipinski definition) is 1. The van der Waals surface area contributed by atoms with Crippen molar-refractivity contribution < 1.29 is 23.8 Å². The van der Waals surface area contributed by atoms with E-state index in [1.165, 1.54) is 0 Å². The fraction of sp³-hybridized carbons (Fsp3) is 0.259. The first-order chi connectivity index (χ1) is 15.8. The molecule has 172 valence electrons. The van der Waals surface area contributed by atoms with E-state index < -0.39 is 5.97 Å². The second-order valence-electron chi connectivity index (χ2n) is 8.01. The number of aliphatic carboxylic acids is 1. The fourth-order valence-electron chi connectivity index (χ4n) is 3.37. The molecule has 1 aromatic heterocycles. The number of benzene rings is 2. The molecule has 1 heterocycles. The number of carbonyl (C=O) groups excluding carboxylic acids is 1. The maximum atomic E-state index is 12.9. The highest BCUT2D eigenvalue weighted by atomic mass is 16.5. The molecular weight excluding hydrogens is 418 g/mol. The highest BCUT2D eigenvalue weighted by molar-refractivity contribution is 5.94. The highest BCUT2D eigenvalue weighted by Gasteiger charge is 2.15. The summed E-state index contributed by atoms with van der Waals surface area (Å²) < 4.78 is 11.5. The minimum Gasteiger partial charge on any atom is -0.489 e. The third kappa shape index (κ3) is 6.84. The van der Waals surface area contributed by atoms with Crippen molar-refractivity contribution in [1.29, 1.82) is 0 Å². The first-order valence-corrected chi connectivity index (χ1v) is 10.8. The summed E-state index contributed by atoms with van der Waals surface area (Å²) in [5, 5.41) is 8.79. The van der Waals surface area contributed by atoms with Gasteiger partial charge in [-0.3, -0.25) is 9.59 Å². The molecule has 1 N–H and O–H groups in total. The fourth-order valence-corrected chi connectivity index (χ4v) is 3.37. The summed E-state index contributed by atoms with van der Waals surface area (Å²) in [4.78, 5) is 25.3. The lowest BCUT2D eigenvalue weighted by atomic mass is 10.1. The van der Waals surface area contributed by atoms with Crippen LogP contribution in [0.1, 0.15) is 41.4 Å². The van der Waals surface area contributed by atoms with E-state index in [4.69, 9.17) is 14.3 Å². The van der Waals surface area contributed by atoms with Crippen molar-refractivity contribution in [3.8, 4) is 17.1 Å². The van der Waals surface area contributed by atoms with E-state index in [9.17, 15) is 9.59 Å². The van der Waals surface area contributed by atoms with Crippen LogP contribution in [-0.2, 0) is 11.3 Å². The van der Waals surface area contributed by atoms with Gasteiger partial charge in [0.15, 0.2) is 0 Å². The summed E-state index contributed by atoms with van der Waals surface area (Å²) in [6, 6.07) is 18.8. The van der Waals surface area contributed by atoms with E-state index >= 15 is 0 Å². The van der Waals surface area contributed by atoms with Gasteiger partial charge in [0.25, 0.3) is 5.91 Å². The molecule has 3 aromatic rings. The molecule has 0 saturated heterocycles. The number of rotatable bonds is 10. The van der Waals surface area contributed by atoms with Crippen molar-refractivity contribution in [2.45, 2.75) is 33.2 Å². The molecule has 0 unspecified atom stereocenters. The van der Waals surface area contributed by atoms with Crippen LogP contribution in [0.4, 0.5) is 0 Å². The van der Waals surface area contributed by atoms with Crippen molar-refractivity contribution in [3.05, 3.63) is 89.2 Å². The molecule has 3 rings (SSSR count). The predicted octanol–water partition coefficient (Wildman–Crippen LogP) is 5.72. The number of aryl methyl sites for hydroxylation is 1. The smallest absolute Gasteiger partial charge is 0.303 e. The quantitative estimate of drug-likeness (QED) is 0.402. The maximum absolute atomic E-state index is 12.9. The largest absolute Gasteiger partial charge is 0.489 e. The zero-order valence-corrected chi connectivity index (χ0v) is 19.2. The minimum atomic E-state index is -0.813. The van der Waals surface area contributed by atoms with Crippen molar-refractivity contribution >= 4 is 11.9 Å². The summed E-state index contributed by atoms with van der Waals surface area (Å²) in [6.45, 7) is 4.53. The molecule has 0 aliphatic heterocycles. The number of carboxylic acids is 1. The number of hydrogen-bond acceptors (Lipinski definition) is 4. The van der Waals surface area contributed by atoms with Crippen molar-refractivity contribution in [3.63, 3.8) is 0 Å². The van der Waals surface area contributed by atoms with Gasteiger partial charge in [-0.1, -0.05) is 35.9 Å². The number of amides is 1. The summed E-state index contributed by atoms with van der Waals surface area (Å²) in [6.07, 6.45) is 2.49. The zero-order chi connectivity index (χ0) is 23.8. The van der Waals surface area contributed by atoms with Crippen LogP contribution < -0.4 is 4.74 Å². The standard InChI is InChI=1S/C27H29NO5/c1-19(8-15-26(29)30)16-17-32-24-7-5-4-6-23(24)18-28(3)27(31)22-12-10-21(11-13-22)25-14-9-20(2)33-25/h4-7,9-14,16H,8,15,17-18H2,1-3H3,(H,29,30). The van der Waals surface area contributed by atoms with Gasteiger partial charge in [-0.25, -0.2) is 0 Å².